The number of hydrogen-bond acceptors (Lipinski definition) is 2. The maximum Gasteiger partial charge on any atom is 0.404 e. The fourth-order valence-electron chi connectivity index (χ4n) is 4.74. The summed E-state index contributed by atoms with van der Waals surface area (Å²) in [4.78, 5) is 25.8. The molecule has 0 saturated carbocycles. The minimum atomic E-state index is -1.36. The molecule has 2 atom stereocenters. The molecule has 2 unspecified atom stereocenters. The number of nitrogens with zero attached hydrogens (tertiary/aromatic N) is 2. The Morgan fingerprint density at radius 3 is 2.38 bits per heavy atom. The molecule has 0 radical (unpaired) electrons. The molecule has 0 bridgehead atoms. The highest BCUT2D eigenvalue weighted by molar-refractivity contribution is 6.27. The molecule has 2 N–H and O–H groups in total. The lowest BCUT2D eigenvalue weighted by atomic mass is 9.82. The summed E-state index contributed by atoms with van der Waals surface area (Å²) < 4.78 is 44.3. The number of amides is 2. The Hall–Kier alpha value is -3.46. The highest BCUT2D eigenvalue weighted by atomic mass is 35.5. The molecule has 0 spiro atoms. The number of alkyl halides is 2. The lowest BCUT2D eigenvalue weighted by Crippen LogP contribution is -2.46. The minimum Gasteiger partial charge on any atom is -0.465 e. The second-order valence-electron chi connectivity index (χ2n) is 10.5. The molecular weight excluding hydrogens is 531 g/mol. The number of benzene rings is 2. The fourth-order valence-corrected chi connectivity index (χ4v) is 4.90. The van der Waals surface area contributed by atoms with Gasteiger partial charge in [-0.2, -0.15) is 0 Å². The van der Waals surface area contributed by atoms with Gasteiger partial charge in [0.25, 0.3) is 0 Å². The van der Waals surface area contributed by atoms with Crippen molar-refractivity contribution < 1.29 is 27.9 Å². The van der Waals surface area contributed by atoms with Gasteiger partial charge in [0.2, 0.25) is 5.91 Å². The molecule has 0 aliphatic carbocycles. The van der Waals surface area contributed by atoms with Crippen molar-refractivity contribution in [2.75, 3.05) is 19.1 Å². The van der Waals surface area contributed by atoms with Crippen LogP contribution in [0.5, 0.6) is 0 Å². The molecule has 0 aliphatic rings. The van der Waals surface area contributed by atoms with Gasteiger partial charge in [0.15, 0.2) is 0 Å². The van der Waals surface area contributed by atoms with Crippen molar-refractivity contribution in [2.45, 2.75) is 45.8 Å². The Morgan fingerprint density at radius 2 is 1.79 bits per heavy atom. The molecule has 2 amide bonds. The summed E-state index contributed by atoms with van der Waals surface area (Å²) in [6.45, 7) is 5.24. The zero-order valence-corrected chi connectivity index (χ0v) is 22.9. The van der Waals surface area contributed by atoms with E-state index in [1.165, 1.54) is 4.90 Å². The first-order chi connectivity index (χ1) is 18.4. The first-order valence-corrected chi connectivity index (χ1v) is 13.1. The number of aromatic nitrogens is 1. The third-order valence-corrected chi connectivity index (χ3v) is 6.67. The Kier molecular flexibility index (Phi) is 10.1. The number of nitrogens with one attached hydrogen (secondary N) is 1. The van der Waals surface area contributed by atoms with E-state index in [4.69, 9.17) is 16.7 Å². The summed E-state index contributed by atoms with van der Waals surface area (Å²) >= 11 is 6.00. The molecule has 10 heteroatoms. The molecule has 1 heterocycles. The second-order valence-corrected chi connectivity index (χ2v) is 10.7. The third kappa shape index (κ3) is 7.79. The first kappa shape index (κ1) is 30.1. The van der Waals surface area contributed by atoms with Crippen molar-refractivity contribution in [1.29, 1.82) is 0 Å². The van der Waals surface area contributed by atoms with Gasteiger partial charge in [-0.3, -0.25) is 4.79 Å². The van der Waals surface area contributed by atoms with Crippen LogP contribution in [0, 0.1) is 17.0 Å². The maximum absolute atomic E-state index is 14.8. The molecule has 0 saturated heterocycles. The molecular formula is C29H33ClF3N3O3. The van der Waals surface area contributed by atoms with Crippen molar-refractivity contribution in [1.82, 2.24) is 14.8 Å². The molecule has 0 aliphatic heterocycles. The largest absolute Gasteiger partial charge is 0.465 e. The van der Waals surface area contributed by atoms with Crippen molar-refractivity contribution in [3.63, 3.8) is 0 Å². The van der Waals surface area contributed by atoms with Crippen LogP contribution >= 0.6 is 11.6 Å². The van der Waals surface area contributed by atoms with Crippen LogP contribution in [0.2, 0.25) is 0 Å². The second kappa shape index (κ2) is 13.1. The van der Waals surface area contributed by atoms with Crippen LogP contribution < -0.4 is 5.32 Å². The average Bonchev–Trinajstić information content (AvgIpc) is 3.28. The summed E-state index contributed by atoms with van der Waals surface area (Å²) in [6.07, 6.45) is 0.375. The van der Waals surface area contributed by atoms with Gasteiger partial charge in [0, 0.05) is 36.1 Å². The van der Waals surface area contributed by atoms with Crippen LogP contribution in [0.3, 0.4) is 0 Å². The van der Waals surface area contributed by atoms with Crippen molar-refractivity contribution in [2.24, 2.45) is 5.41 Å². The van der Waals surface area contributed by atoms with Gasteiger partial charge in [-0.25, -0.2) is 18.0 Å². The molecule has 1 aromatic heterocycles. The predicted molar refractivity (Wildman–Crippen MR) is 145 cm³/mol. The van der Waals surface area contributed by atoms with Crippen molar-refractivity contribution in [3.05, 3.63) is 83.7 Å². The van der Waals surface area contributed by atoms with Gasteiger partial charge in [-0.15, -0.1) is 11.6 Å². The van der Waals surface area contributed by atoms with E-state index in [2.05, 4.69) is 5.32 Å². The van der Waals surface area contributed by atoms with E-state index in [0.29, 0.717) is 17.8 Å². The SMILES string of the molecule is CC(C)(C)C(c1cc(-c2cc(F)ccc2F)cn1Cc1ccccc1)N(CCC(CF)NC(=O)O)C(=O)CCl. The first-order valence-electron chi connectivity index (χ1n) is 12.5. The molecule has 39 heavy (non-hydrogen) atoms. The van der Waals surface area contributed by atoms with Gasteiger partial charge < -0.3 is 19.9 Å². The van der Waals surface area contributed by atoms with E-state index >= 15 is 0 Å². The summed E-state index contributed by atoms with van der Waals surface area (Å²) in [6, 6.07) is 12.9. The van der Waals surface area contributed by atoms with Crippen LogP contribution in [-0.4, -0.2) is 51.7 Å². The summed E-state index contributed by atoms with van der Waals surface area (Å²) in [7, 11) is 0. The lowest BCUT2D eigenvalue weighted by molar-refractivity contribution is -0.133. The summed E-state index contributed by atoms with van der Waals surface area (Å²) in [5.41, 5.74) is 1.52. The normalized spacial score (nSPS) is 13.1. The molecule has 210 valence electrons. The summed E-state index contributed by atoms with van der Waals surface area (Å²) in [5, 5.41) is 11.2. The third-order valence-electron chi connectivity index (χ3n) is 6.44. The highest BCUT2D eigenvalue weighted by Crippen LogP contribution is 2.41. The fraction of sp³-hybridized carbons (Fsp3) is 0.379. The summed E-state index contributed by atoms with van der Waals surface area (Å²) in [5.74, 6) is -1.94. The number of carboxylic acid groups (broad SMARTS) is 1. The molecule has 3 rings (SSSR count). The van der Waals surface area contributed by atoms with E-state index in [1.807, 2.05) is 55.7 Å². The van der Waals surface area contributed by atoms with E-state index in [-0.39, 0.29) is 24.4 Å². The molecule has 3 aromatic rings. The number of halogens is 4. The van der Waals surface area contributed by atoms with Crippen molar-refractivity contribution in [3.8, 4) is 11.1 Å². The van der Waals surface area contributed by atoms with Crippen LogP contribution in [0.25, 0.3) is 11.1 Å². The smallest absolute Gasteiger partial charge is 0.404 e. The monoisotopic (exact) mass is 563 g/mol. The molecule has 0 fully saturated rings. The average molecular weight is 564 g/mol. The topological polar surface area (TPSA) is 74.6 Å². The van der Waals surface area contributed by atoms with Crippen LogP contribution in [-0.2, 0) is 11.3 Å². The Bertz CT molecular complexity index is 1280. The quantitative estimate of drug-likeness (QED) is 0.257. The Morgan fingerprint density at radius 1 is 1.10 bits per heavy atom. The number of carbonyl (C=O) groups is 2. The predicted octanol–water partition coefficient (Wildman–Crippen LogP) is 6.63. The highest BCUT2D eigenvalue weighted by Gasteiger charge is 2.37. The van der Waals surface area contributed by atoms with E-state index in [0.717, 1.165) is 23.8 Å². The van der Waals surface area contributed by atoms with Gasteiger partial charge in [0.1, 0.15) is 24.2 Å². The van der Waals surface area contributed by atoms with E-state index in [9.17, 15) is 22.8 Å². The van der Waals surface area contributed by atoms with Crippen LogP contribution in [0.1, 0.15) is 44.5 Å². The van der Waals surface area contributed by atoms with Gasteiger partial charge in [0.05, 0.1) is 12.1 Å². The van der Waals surface area contributed by atoms with Crippen LogP contribution in [0.15, 0.2) is 60.8 Å². The molecule has 6 nitrogen and oxygen atoms in total. The Labute approximate surface area is 231 Å². The standard InChI is InChI=1S/C29H33ClF3N3O3/c1-29(2,3)27(36(26(37)15-30)12-11-22(16-31)34-28(38)39)25-13-20(23-14-21(32)9-10-24(23)33)18-35(25)17-19-7-5-4-6-8-19/h4-10,13-14,18,22,27,34H,11-12,15-17H2,1-3H3,(H,38,39). The van der Waals surface area contributed by atoms with E-state index < -0.39 is 47.8 Å². The number of carbonyl (C=O) groups excluding carboxylic acids is 1. The van der Waals surface area contributed by atoms with Crippen molar-refractivity contribution >= 4 is 23.6 Å². The van der Waals surface area contributed by atoms with Gasteiger partial charge >= 0.3 is 6.09 Å². The van der Waals surface area contributed by atoms with Gasteiger partial charge in [-0.1, -0.05) is 51.1 Å². The van der Waals surface area contributed by atoms with Crippen LogP contribution in [0.4, 0.5) is 18.0 Å². The molecule has 2 aromatic carbocycles. The maximum atomic E-state index is 14.8. The zero-order valence-electron chi connectivity index (χ0n) is 22.1. The zero-order chi connectivity index (χ0) is 28.7. The Balaban J connectivity index is 2.15. The number of hydrogen-bond donors (Lipinski definition) is 2. The minimum absolute atomic E-state index is 0.0164. The lowest BCUT2D eigenvalue weighted by Gasteiger charge is -2.41. The van der Waals surface area contributed by atoms with Gasteiger partial charge in [-0.05, 0) is 41.7 Å². The number of rotatable bonds is 11. The van der Waals surface area contributed by atoms with E-state index in [1.54, 1.807) is 12.3 Å².